The molecule has 0 aromatic carbocycles. The minimum absolute atomic E-state index is 0.162. The Morgan fingerprint density at radius 2 is 2.11 bits per heavy atom. The van der Waals surface area contributed by atoms with Crippen LogP contribution in [0.1, 0.15) is 27.7 Å². The monoisotopic (exact) mass is 274 g/mol. The first kappa shape index (κ1) is 15.1. The SMILES string of the molecule is CCN(C(=O)N1CCSCC1C)C(C)(C)C(=O)O. The van der Waals surface area contributed by atoms with Gasteiger partial charge in [-0.3, -0.25) is 0 Å². The molecule has 2 amide bonds. The van der Waals surface area contributed by atoms with Crippen LogP contribution in [0.25, 0.3) is 0 Å². The lowest BCUT2D eigenvalue weighted by atomic mass is 10.0. The van der Waals surface area contributed by atoms with Gasteiger partial charge in [-0.25, -0.2) is 9.59 Å². The van der Waals surface area contributed by atoms with Gasteiger partial charge in [0, 0.05) is 30.6 Å². The maximum absolute atomic E-state index is 12.5. The Balaban J connectivity index is 2.88. The molecule has 0 aromatic heterocycles. The van der Waals surface area contributed by atoms with Gasteiger partial charge in [-0.05, 0) is 27.7 Å². The summed E-state index contributed by atoms with van der Waals surface area (Å²) in [5.41, 5.74) is -1.17. The fourth-order valence-electron chi connectivity index (χ4n) is 2.05. The molecule has 0 aromatic rings. The largest absolute Gasteiger partial charge is 0.480 e. The summed E-state index contributed by atoms with van der Waals surface area (Å²) < 4.78 is 0. The van der Waals surface area contributed by atoms with E-state index in [1.807, 2.05) is 25.6 Å². The van der Waals surface area contributed by atoms with Gasteiger partial charge in [0.05, 0.1) is 0 Å². The molecule has 1 aliphatic rings. The molecule has 1 aliphatic heterocycles. The molecule has 1 atom stereocenters. The Kier molecular flexibility index (Phi) is 4.90. The normalized spacial score (nSPS) is 20.7. The lowest BCUT2D eigenvalue weighted by Crippen LogP contribution is -2.59. The van der Waals surface area contributed by atoms with E-state index in [1.54, 1.807) is 18.7 Å². The van der Waals surface area contributed by atoms with Crippen molar-refractivity contribution in [1.29, 1.82) is 0 Å². The van der Waals surface area contributed by atoms with E-state index < -0.39 is 11.5 Å². The van der Waals surface area contributed by atoms with Gasteiger partial charge in [0.15, 0.2) is 0 Å². The highest BCUT2D eigenvalue weighted by Gasteiger charge is 2.40. The van der Waals surface area contributed by atoms with Gasteiger partial charge in [0.25, 0.3) is 0 Å². The van der Waals surface area contributed by atoms with Crippen LogP contribution >= 0.6 is 11.8 Å². The average molecular weight is 274 g/mol. The van der Waals surface area contributed by atoms with E-state index in [4.69, 9.17) is 0 Å². The second-order valence-electron chi connectivity index (χ2n) is 5.01. The number of nitrogens with zero attached hydrogens (tertiary/aromatic N) is 2. The standard InChI is InChI=1S/C12H22N2O3S/c1-5-14(12(3,4)10(15)16)11(17)13-6-7-18-8-9(13)2/h9H,5-8H2,1-4H3,(H,15,16). The summed E-state index contributed by atoms with van der Waals surface area (Å²) >= 11 is 1.83. The number of amides is 2. The first-order valence-electron chi connectivity index (χ1n) is 6.21. The summed E-state index contributed by atoms with van der Waals surface area (Å²) in [7, 11) is 0. The number of aliphatic carboxylic acids is 1. The smallest absolute Gasteiger partial charge is 0.329 e. The highest BCUT2D eigenvalue weighted by Crippen LogP contribution is 2.22. The molecule has 1 saturated heterocycles. The number of likely N-dealkylation sites (N-methyl/N-ethyl adjacent to an activating group) is 1. The van der Waals surface area contributed by atoms with Gasteiger partial charge in [-0.2, -0.15) is 11.8 Å². The summed E-state index contributed by atoms with van der Waals surface area (Å²) in [5.74, 6) is 0.856. The van der Waals surface area contributed by atoms with E-state index in [0.717, 1.165) is 11.5 Å². The highest BCUT2D eigenvalue weighted by atomic mass is 32.2. The molecule has 0 bridgehead atoms. The molecule has 0 spiro atoms. The number of hydrogen-bond donors (Lipinski definition) is 1. The molecule has 0 saturated carbocycles. The number of thioether (sulfide) groups is 1. The molecule has 0 radical (unpaired) electrons. The van der Waals surface area contributed by atoms with Crippen molar-refractivity contribution in [3.8, 4) is 0 Å². The van der Waals surface area contributed by atoms with E-state index >= 15 is 0 Å². The van der Waals surface area contributed by atoms with E-state index in [2.05, 4.69) is 0 Å². The maximum atomic E-state index is 12.5. The third-order valence-electron chi connectivity index (χ3n) is 3.36. The first-order chi connectivity index (χ1) is 8.32. The van der Waals surface area contributed by atoms with Crippen molar-refractivity contribution >= 4 is 23.8 Å². The molecule has 104 valence electrons. The van der Waals surface area contributed by atoms with Crippen molar-refractivity contribution < 1.29 is 14.7 Å². The Bertz CT molecular complexity index is 333. The van der Waals surface area contributed by atoms with Crippen LogP contribution in [0, 0.1) is 0 Å². The predicted molar refractivity (Wildman–Crippen MR) is 73.0 cm³/mol. The van der Waals surface area contributed by atoms with Crippen molar-refractivity contribution in [3.63, 3.8) is 0 Å². The number of hydrogen-bond acceptors (Lipinski definition) is 3. The number of carbonyl (C=O) groups excluding carboxylic acids is 1. The lowest BCUT2D eigenvalue weighted by molar-refractivity contribution is -0.147. The van der Waals surface area contributed by atoms with Crippen LogP contribution in [0.15, 0.2) is 0 Å². The average Bonchev–Trinajstić information content (AvgIpc) is 2.29. The van der Waals surface area contributed by atoms with Gasteiger partial charge >= 0.3 is 12.0 Å². The molecule has 1 unspecified atom stereocenters. The summed E-state index contributed by atoms with van der Waals surface area (Å²) in [6.45, 7) is 8.04. The Morgan fingerprint density at radius 3 is 2.56 bits per heavy atom. The molecule has 6 heteroatoms. The van der Waals surface area contributed by atoms with Crippen molar-refractivity contribution in [3.05, 3.63) is 0 Å². The van der Waals surface area contributed by atoms with Crippen LogP contribution in [0.2, 0.25) is 0 Å². The van der Waals surface area contributed by atoms with Crippen LogP contribution in [0.5, 0.6) is 0 Å². The third kappa shape index (κ3) is 2.91. The number of carboxylic acid groups (broad SMARTS) is 1. The molecule has 1 rings (SSSR count). The topological polar surface area (TPSA) is 60.9 Å². The summed E-state index contributed by atoms with van der Waals surface area (Å²) in [6, 6.07) is -0.00686. The van der Waals surface area contributed by atoms with Crippen LogP contribution in [-0.2, 0) is 4.79 Å². The van der Waals surface area contributed by atoms with Crippen LogP contribution < -0.4 is 0 Å². The van der Waals surface area contributed by atoms with Gasteiger partial charge in [-0.15, -0.1) is 0 Å². The molecule has 1 N–H and O–H groups in total. The minimum Gasteiger partial charge on any atom is -0.480 e. The van der Waals surface area contributed by atoms with Gasteiger partial charge in [0.2, 0.25) is 0 Å². The van der Waals surface area contributed by atoms with Crippen LogP contribution in [0.3, 0.4) is 0 Å². The number of carboxylic acids is 1. The number of rotatable bonds is 3. The second kappa shape index (κ2) is 5.82. The van der Waals surface area contributed by atoms with Crippen molar-refractivity contribution in [2.45, 2.75) is 39.3 Å². The third-order valence-corrected chi connectivity index (χ3v) is 4.55. The summed E-state index contributed by atoms with van der Waals surface area (Å²) in [4.78, 5) is 27.0. The van der Waals surface area contributed by atoms with E-state index in [0.29, 0.717) is 13.1 Å². The Labute approximate surface area is 113 Å². The summed E-state index contributed by atoms with van der Waals surface area (Å²) in [5, 5.41) is 9.24. The fraction of sp³-hybridized carbons (Fsp3) is 0.833. The van der Waals surface area contributed by atoms with Crippen LogP contribution in [0.4, 0.5) is 4.79 Å². The zero-order chi connectivity index (χ0) is 13.9. The highest BCUT2D eigenvalue weighted by molar-refractivity contribution is 7.99. The van der Waals surface area contributed by atoms with Crippen molar-refractivity contribution in [2.24, 2.45) is 0 Å². The zero-order valence-electron chi connectivity index (χ0n) is 11.5. The molecular formula is C12H22N2O3S. The fourth-order valence-corrected chi connectivity index (χ4v) is 3.06. The first-order valence-corrected chi connectivity index (χ1v) is 7.37. The minimum atomic E-state index is -1.17. The molecule has 18 heavy (non-hydrogen) atoms. The van der Waals surface area contributed by atoms with Crippen molar-refractivity contribution in [2.75, 3.05) is 24.6 Å². The predicted octanol–water partition coefficient (Wildman–Crippen LogP) is 1.73. The van der Waals surface area contributed by atoms with Gasteiger partial charge in [-0.1, -0.05) is 0 Å². The van der Waals surface area contributed by atoms with E-state index in [-0.39, 0.29) is 12.1 Å². The quantitative estimate of drug-likeness (QED) is 0.851. The summed E-state index contributed by atoms with van der Waals surface area (Å²) in [6.07, 6.45) is 0. The second-order valence-corrected chi connectivity index (χ2v) is 6.16. The zero-order valence-corrected chi connectivity index (χ0v) is 12.3. The van der Waals surface area contributed by atoms with E-state index in [9.17, 15) is 14.7 Å². The molecule has 1 heterocycles. The Morgan fingerprint density at radius 1 is 1.50 bits per heavy atom. The van der Waals surface area contributed by atoms with Gasteiger partial charge < -0.3 is 14.9 Å². The van der Waals surface area contributed by atoms with Crippen molar-refractivity contribution in [1.82, 2.24) is 9.80 Å². The Hall–Kier alpha value is -0.910. The van der Waals surface area contributed by atoms with Gasteiger partial charge in [0.1, 0.15) is 5.54 Å². The molecular weight excluding hydrogens is 252 g/mol. The molecule has 5 nitrogen and oxygen atoms in total. The number of urea groups is 1. The van der Waals surface area contributed by atoms with E-state index in [1.165, 1.54) is 4.90 Å². The molecule has 1 fully saturated rings. The van der Waals surface area contributed by atoms with Crippen LogP contribution in [-0.4, -0.2) is 63.1 Å². The number of carbonyl (C=O) groups is 2. The molecule has 0 aliphatic carbocycles. The maximum Gasteiger partial charge on any atom is 0.329 e. The lowest BCUT2D eigenvalue weighted by Gasteiger charge is -2.41.